The Morgan fingerprint density at radius 2 is 1.88 bits per heavy atom. The highest BCUT2D eigenvalue weighted by atomic mass is 16.4. The molecule has 0 aromatic heterocycles. The maximum Gasteiger partial charge on any atom is 0.306 e. The zero-order chi connectivity index (χ0) is 12.8. The second kappa shape index (κ2) is 6.62. The molecule has 17 heavy (non-hydrogen) atoms. The van der Waals surface area contributed by atoms with E-state index in [9.17, 15) is 9.59 Å². The van der Waals surface area contributed by atoms with Crippen molar-refractivity contribution in [3.8, 4) is 0 Å². The second-order valence-corrected chi connectivity index (χ2v) is 4.82. The smallest absolute Gasteiger partial charge is 0.306 e. The number of nitrogens with zero attached hydrogens (tertiary/aromatic N) is 1. The van der Waals surface area contributed by atoms with Crippen LogP contribution in [0.4, 0.5) is 0 Å². The van der Waals surface area contributed by atoms with Crippen LogP contribution in [-0.2, 0) is 9.59 Å². The van der Waals surface area contributed by atoms with Crippen LogP contribution in [0.5, 0.6) is 0 Å². The van der Waals surface area contributed by atoms with Crippen molar-refractivity contribution in [3.63, 3.8) is 0 Å². The van der Waals surface area contributed by atoms with Crippen molar-refractivity contribution in [2.75, 3.05) is 13.1 Å². The Morgan fingerprint density at radius 3 is 2.41 bits per heavy atom. The van der Waals surface area contributed by atoms with Gasteiger partial charge in [0.1, 0.15) is 0 Å². The molecule has 0 spiro atoms. The lowest BCUT2D eigenvalue weighted by atomic mass is 9.80. The highest BCUT2D eigenvalue weighted by Crippen LogP contribution is 2.30. The first-order valence-electron chi connectivity index (χ1n) is 6.61. The number of carboxylic acids is 1. The minimum absolute atomic E-state index is 0.0728. The summed E-state index contributed by atoms with van der Waals surface area (Å²) in [5.41, 5.74) is 0. The molecule has 2 atom stereocenters. The van der Waals surface area contributed by atoms with Gasteiger partial charge in [0.05, 0.1) is 5.92 Å². The second-order valence-electron chi connectivity index (χ2n) is 4.82. The molecule has 0 aromatic rings. The van der Waals surface area contributed by atoms with Crippen LogP contribution in [-0.4, -0.2) is 35.0 Å². The number of hydrogen-bond donors (Lipinski definition) is 1. The fourth-order valence-electron chi connectivity index (χ4n) is 2.59. The maximum absolute atomic E-state index is 12.2. The number of rotatable bonds is 5. The summed E-state index contributed by atoms with van der Waals surface area (Å²) in [5, 5.41) is 9.01. The van der Waals surface area contributed by atoms with Gasteiger partial charge in [-0.3, -0.25) is 9.59 Å². The molecule has 0 aromatic carbocycles. The van der Waals surface area contributed by atoms with Crippen LogP contribution in [0.1, 0.15) is 46.0 Å². The quantitative estimate of drug-likeness (QED) is 0.802. The Morgan fingerprint density at radius 1 is 1.24 bits per heavy atom. The van der Waals surface area contributed by atoms with E-state index >= 15 is 0 Å². The van der Waals surface area contributed by atoms with E-state index in [1.807, 2.05) is 11.8 Å². The zero-order valence-electron chi connectivity index (χ0n) is 10.8. The Hall–Kier alpha value is -1.06. The first-order chi connectivity index (χ1) is 8.10. The van der Waals surface area contributed by atoms with Crippen molar-refractivity contribution < 1.29 is 14.7 Å². The third kappa shape index (κ3) is 3.72. The van der Waals surface area contributed by atoms with Crippen molar-refractivity contribution in [3.05, 3.63) is 0 Å². The van der Waals surface area contributed by atoms with Gasteiger partial charge in [0.25, 0.3) is 0 Å². The van der Waals surface area contributed by atoms with Gasteiger partial charge in [0, 0.05) is 19.0 Å². The summed E-state index contributed by atoms with van der Waals surface area (Å²) < 4.78 is 0. The van der Waals surface area contributed by atoms with E-state index in [0.717, 1.165) is 38.8 Å². The largest absolute Gasteiger partial charge is 0.481 e. The molecule has 0 aliphatic heterocycles. The first kappa shape index (κ1) is 14.0. The summed E-state index contributed by atoms with van der Waals surface area (Å²) in [6, 6.07) is 0. The maximum atomic E-state index is 12.2. The van der Waals surface area contributed by atoms with Crippen molar-refractivity contribution >= 4 is 11.9 Å². The number of carboxylic acid groups (broad SMARTS) is 1. The Bertz CT molecular complexity index is 278. The Kier molecular flexibility index (Phi) is 5.45. The molecule has 0 heterocycles. The monoisotopic (exact) mass is 241 g/mol. The third-order valence-corrected chi connectivity index (χ3v) is 3.56. The van der Waals surface area contributed by atoms with Crippen LogP contribution in [0, 0.1) is 11.8 Å². The standard InChI is InChI=1S/C13H23NO3/c1-3-8-14(4-2)12(15)10-6-5-7-11(9-10)13(16)17/h10-11H,3-9H2,1-2H3,(H,16,17). The summed E-state index contributed by atoms with van der Waals surface area (Å²) in [6.07, 6.45) is 3.90. The highest BCUT2D eigenvalue weighted by Gasteiger charge is 2.32. The molecule has 4 nitrogen and oxygen atoms in total. The van der Waals surface area contributed by atoms with Crippen LogP contribution in [0.2, 0.25) is 0 Å². The van der Waals surface area contributed by atoms with Gasteiger partial charge in [-0.05, 0) is 32.6 Å². The molecule has 4 heteroatoms. The molecule has 1 N–H and O–H groups in total. The van der Waals surface area contributed by atoms with E-state index in [1.165, 1.54) is 0 Å². The number of carbonyl (C=O) groups is 2. The average molecular weight is 241 g/mol. The van der Waals surface area contributed by atoms with Gasteiger partial charge < -0.3 is 10.0 Å². The highest BCUT2D eigenvalue weighted by molar-refractivity contribution is 5.80. The zero-order valence-corrected chi connectivity index (χ0v) is 10.8. The van der Waals surface area contributed by atoms with E-state index in [-0.39, 0.29) is 17.7 Å². The number of hydrogen-bond acceptors (Lipinski definition) is 2. The van der Waals surface area contributed by atoms with Gasteiger partial charge in [-0.1, -0.05) is 13.3 Å². The van der Waals surface area contributed by atoms with Gasteiger partial charge >= 0.3 is 5.97 Å². The summed E-state index contributed by atoms with van der Waals surface area (Å²) in [6.45, 7) is 5.53. The fourth-order valence-corrected chi connectivity index (χ4v) is 2.59. The molecular formula is C13H23NO3. The van der Waals surface area contributed by atoms with E-state index in [0.29, 0.717) is 6.42 Å². The van der Waals surface area contributed by atoms with Crippen LogP contribution in [0.3, 0.4) is 0 Å². The molecule has 1 amide bonds. The van der Waals surface area contributed by atoms with Crippen molar-refractivity contribution in [2.24, 2.45) is 11.8 Å². The van der Waals surface area contributed by atoms with Gasteiger partial charge in [-0.2, -0.15) is 0 Å². The summed E-state index contributed by atoms with van der Waals surface area (Å²) in [7, 11) is 0. The lowest BCUT2D eigenvalue weighted by Crippen LogP contribution is -2.39. The van der Waals surface area contributed by atoms with Crippen LogP contribution < -0.4 is 0 Å². The molecular weight excluding hydrogens is 218 g/mol. The van der Waals surface area contributed by atoms with Gasteiger partial charge in [-0.15, -0.1) is 0 Å². The molecule has 0 saturated heterocycles. The van der Waals surface area contributed by atoms with E-state index in [2.05, 4.69) is 6.92 Å². The van der Waals surface area contributed by atoms with Crippen molar-refractivity contribution in [1.29, 1.82) is 0 Å². The number of amides is 1. The lowest BCUT2D eigenvalue weighted by Gasteiger charge is -2.30. The summed E-state index contributed by atoms with van der Waals surface area (Å²) >= 11 is 0. The summed E-state index contributed by atoms with van der Waals surface area (Å²) in [4.78, 5) is 25.0. The van der Waals surface area contributed by atoms with Crippen molar-refractivity contribution in [1.82, 2.24) is 4.90 Å². The normalized spacial score (nSPS) is 24.4. The molecule has 1 aliphatic carbocycles. The minimum atomic E-state index is -0.749. The molecule has 1 rings (SSSR count). The summed E-state index contributed by atoms with van der Waals surface area (Å²) in [5.74, 6) is -0.990. The minimum Gasteiger partial charge on any atom is -0.481 e. The number of aliphatic carboxylic acids is 1. The van der Waals surface area contributed by atoms with E-state index in [1.54, 1.807) is 0 Å². The van der Waals surface area contributed by atoms with Crippen LogP contribution in [0.25, 0.3) is 0 Å². The first-order valence-corrected chi connectivity index (χ1v) is 6.61. The molecule has 1 aliphatic rings. The Balaban J connectivity index is 2.58. The fraction of sp³-hybridized carbons (Fsp3) is 0.846. The molecule has 98 valence electrons. The molecule has 0 bridgehead atoms. The topological polar surface area (TPSA) is 57.6 Å². The third-order valence-electron chi connectivity index (χ3n) is 3.56. The average Bonchev–Trinajstić information content (AvgIpc) is 2.35. The number of carbonyl (C=O) groups excluding carboxylic acids is 1. The molecule has 0 radical (unpaired) electrons. The van der Waals surface area contributed by atoms with Crippen LogP contribution >= 0.6 is 0 Å². The predicted molar refractivity (Wildman–Crippen MR) is 65.6 cm³/mol. The van der Waals surface area contributed by atoms with Gasteiger partial charge in [0.15, 0.2) is 0 Å². The van der Waals surface area contributed by atoms with Gasteiger partial charge in [-0.25, -0.2) is 0 Å². The SMILES string of the molecule is CCCN(CC)C(=O)C1CCCC(C(=O)O)C1. The van der Waals surface area contributed by atoms with Gasteiger partial charge in [0.2, 0.25) is 5.91 Å². The van der Waals surface area contributed by atoms with E-state index in [4.69, 9.17) is 5.11 Å². The lowest BCUT2D eigenvalue weighted by molar-refractivity contribution is -0.145. The molecule has 1 fully saturated rings. The van der Waals surface area contributed by atoms with E-state index < -0.39 is 5.97 Å². The predicted octanol–water partition coefficient (Wildman–Crippen LogP) is 2.14. The molecule has 2 unspecified atom stereocenters. The van der Waals surface area contributed by atoms with Crippen LogP contribution in [0.15, 0.2) is 0 Å². The Labute approximate surface area is 103 Å². The molecule has 1 saturated carbocycles. The van der Waals surface area contributed by atoms with Crippen molar-refractivity contribution in [2.45, 2.75) is 46.0 Å².